The van der Waals surface area contributed by atoms with Crippen LogP contribution in [0.1, 0.15) is 40.0 Å². The summed E-state index contributed by atoms with van der Waals surface area (Å²) in [6.07, 6.45) is 2.12. The Hall–Kier alpha value is -1.26. The van der Waals surface area contributed by atoms with E-state index in [9.17, 15) is 9.59 Å². The number of carbonyl (C=O) groups excluding carboxylic acids is 1. The van der Waals surface area contributed by atoms with Crippen LogP contribution in [0.15, 0.2) is 0 Å². The van der Waals surface area contributed by atoms with Crippen molar-refractivity contribution in [3.8, 4) is 0 Å². The summed E-state index contributed by atoms with van der Waals surface area (Å²) in [6.45, 7) is 6.37. The first kappa shape index (κ1) is 12.8. The molecule has 2 N–H and O–H groups in total. The van der Waals surface area contributed by atoms with Crippen LogP contribution in [0.2, 0.25) is 0 Å². The summed E-state index contributed by atoms with van der Waals surface area (Å²) in [7, 11) is 0. The molecule has 92 valence electrons. The van der Waals surface area contributed by atoms with Crippen LogP contribution < -0.4 is 5.32 Å². The van der Waals surface area contributed by atoms with Crippen LogP contribution in [0.5, 0.6) is 0 Å². The van der Waals surface area contributed by atoms with Gasteiger partial charge in [-0.3, -0.25) is 0 Å². The van der Waals surface area contributed by atoms with Crippen LogP contribution >= 0.6 is 0 Å². The fourth-order valence-electron chi connectivity index (χ4n) is 1.72. The number of nitrogens with zero attached hydrogens (tertiary/aromatic N) is 1. The molecular formula is C11H20N2O3. The highest BCUT2D eigenvalue weighted by Crippen LogP contribution is 2.18. The van der Waals surface area contributed by atoms with E-state index < -0.39 is 12.0 Å². The summed E-state index contributed by atoms with van der Waals surface area (Å²) in [5, 5.41) is 11.8. The topological polar surface area (TPSA) is 69.6 Å². The molecule has 1 fully saturated rings. The Kier molecular flexibility index (Phi) is 3.78. The van der Waals surface area contributed by atoms with Gasteiger partial charge in [0.1, 0.15) is 6.04 Å². The standard InChI is InChI=1S/C11H20N2O3/c1-4-11(2,3)12-10(16)13-7-5-6-8(13)9(14)15/h8H,4-7H2,1-3H3,(H,12,16)(H,14,15)/t8-/m1/s1. The molecule has 0 aliphatic carbocycles. The maximum absolute atomic E-state index is 11.9. The molecule has 0 aromatic rings. The summed E-state index contributed by atoms with van der Waals surface area (Å²) in [5.41, 5.74) is -0.289. The average Bonchev–Trinajstić information content (AvgIpc) is 2.65. The molecule has 0 unspecified atom stereocenters. The van der Waals surface area contributed by atoms with Crippen molar-refractivity contribution < 1.29 is 14.7 Å². The lowest BCUT2D eigenvalue weighted by atomic mass is 10.0. The summed E-state index contributed by atoms with van der Waals surface area (Å²) < 4.78 is 0. The van der Waals surface area contributed by atoms with Crippen LogP contribution in [0.3, 0.4) is 0 Å². The Bertz CT molecular complexity index is 289. The zero-order valence-electron chi connectivity index (χ0n) is 10.1. The third-order valence-electron chi connectivity index (χ3n) is 3.13. The molecular weight excluding hydrogens is 208 g/mol. The van der Waals surface area contributed by atoms with Crippen LogP contribution in [0.4, 0.5) is 4.79 Å². The fourth-order valence-corrected chi connectivity index (χ4v) is 1.72. The number of carboxylic acid groups (broad SMARTS) is 1. The zero-order chi connectivity index (χ0) is 12.3. The zero-order valence-corrected chi connectivity index (χ0v) is 10.1. The summed E-state index contributed by atoms with van der Waals surface area (Å²) in [4.78, 5) is 24.2. The minimum atomic E-state index is -0.915. The van der Waals surface area contributed by atoms with Gasteiger partial charge in [-0.2, -0.15) is 0 Å². The van der Waals surface area contributed by atoms with E-state index in [2.05, 4.69) is 5.32 Å². The van der Waals surface area contributed by atoms with Crippen molar-refractivity contribution in [3.05, 3.63) is 0 Å². The van der Waals surface area contributed by atoms with Crippen molar-refractivity contribution in [1.82, 2.24) is 10.2 Å². The van der Waals surface area contributed by atoms with Crippen LogP contribution in [-0.2, 0) is 4.79 Å². The van der Waals surface area contributed by atoms with Gasteiger partial charge >= 0.3 is 12.0 Å². The van der Waals surface area contributed by atoms with Crippen molar-refractivity contribution in [3.63, 3.8) is 0 Å². The van der Waals surface area contributed by atoms with E-state index >= 15 is 0 Å². The molecule has 0 aromatic carbocycles. The van der Waals surface area contributed by atoms with Crippen molar-refractivity contribution in [2.45, 2.75) is 51.6 Å². The van der Waals surface area contributed by atoms with Gasteiger partial charge in [-0.15, -0.1) is 0 Å². The molecule has 1 aliphatic rings. The van der Waals surface area contributed by atoms with Gasteiger partial charge in [-0.25, -0.2) is 9.59 Å². The third-order valence-corrected chi connectivity index (χ3v) is 3.13. The number of hydrogen-bond donors (Lipinski definition) is 2. The van der Waals surface area contributed by atoms with Gasteiger partial charge in [-0.05, 0) is 33.1 Å². The molecule has 0 saturated carbocycles. The van der Waals surface area contributed by atoms with Gasteiger partial charge in [0.2, 0.25) is 0 Å². The van der Waals surface area contributed by atoms with Gasteiger partial charge in [0.05, 0.1) is 0 Å². The summed E-state index contributed by atoms with van der Waals surface area (Å²) in [5.74, 6) is -0.915. The Balaban J connectivity index is 2.63. The molecule has 1 atom stereocenters. The van der Waals surface area contributed by atoms with E-state index in [4.69, 9.17) is 5.11 Å². The first-order chi connectivity index (χ1) is 7.37. The number of urea groups is 1. The minimum Gasteiger partial charge on any atom is -0.480 e. The van der Waals surface area contributed by atoms with Crippen LogP contribution in [0, 0.1) is 0 Å². The van der Waals surface area contributed by atoms with Crippen LogP contribution in [-0.4, -0.2) is 40.1 Å². The van der Waals surface area contributed by atoms with E-state index in [0.717, 1.165) is 12.8 Å². The molecule has 0 bridgehead atoms. The smallest absolute Gasteiger partial charge is 0.326 e. The van der Waals surface area contributed by atoms with E-state index in [-0.39, 0.29) is 11.6 Å². The fraction of sp³-hybridized carbons (Fsp3) is 0.818. The minimum absolute atomic E-state index is 0.267. The molecule has 1 aliphatic heterocycles. The average molecular weight is 228 g/mol. The quantitative estimate of drug-likeness (QED) is 0.767. The Morgan fingerprint density at radius 1 is 1.50 bits per heavy atom. The SMILES string of the molecule is CCC(C)(C)NC(=O)N1CCC[C@@H]1C(=O)O. The van der Waals surface area contributed by atoms with Crippen LogP contribution in [0.25, 0.3) is 0 Å². The molecule has 5 nitrogen and oxygen atoms in total. The summed E-state index contributed by atoms with van der Waals surface area (Å²) in [6, 6.07) is -0.926. The Morgan fingerprint density at radius 3 is 2.62 bits per heavy atom. The second-order valence-electron chi connectivity index (χ2n) is 4.86. The van der Waals surface area contributed by atoms with Gasteiger partial charge in [-0.1, -0.05) is 6.92 Å². The van der Waals surface area contributed by atoms with Gasteiger partial charge in [0, 0.05) is 12.1 Å². The van der Waals surface area contributed by atoms with Crippen molar-refractivity contribution in [2.24, 2.45) is 0 Å². The first-order valence-corrected chi connectivity index (χ1v) is 5.69. The lowest BCUT2D eigenvalue weighted by Gasteiger charge is -2.29. The second-order valence-corrected chi connectivity index (χ2v) is 4.86. The maximum atomic E-state index is 11.9. The number of amides is 2. The Labute approximate surface area is 95.8 Å². The molecule has 0 aromatic heterocycles. The lowest BCUT2D eigenvalue weighted by Crippen LogP contribution is -2.52. The third kappa shape index (κ3) is 2.87. The molecule has 0 radical (unpaired) electrons. The molecule has 16 heavy (non-hydrogen) atoms. The number of hydrogen-bond acceptors (Lipinski definition) is 2. The number of likely N-dealkylation sites (tertiary alicyclic amines) is 1. The van der Waals surface area contributed by atoms with Gasteiger partial charge < -0.3 is 15.3 Å². The van der Waals surface area contributed by atoms with E-state index in [1.807, 2.05) is 20.8 Å². The number of carboxylic acids is 1. The molecule has 1 rings (SSSR count). The maximum Gasteiger partial charge on any atom is 0.326 e. The molecule has 5 heteroatoms. The molecule has 0 spiro atoms. The monoisotopic (exact) mass is 228 g/mol. The van der Waals surface area contributed by atoms with Gasteiger partial charge in [0.25, 0.3) is 0 Å². The summed E-state index contributed by atoms with van der Waals surface area (Å²) >= 11 is 0. The Morgan fingerprint density at radius 2 is 2.12 bits per heavy atom. The largest absolute Gasteiger partial charge is 0.480 e. The van der Waals surface area contributed by atoms with Crippen molar-refractivity contribution >= 4 is 12.0 Å². The second kappa shape index (κ2) is 4.72. The van der Waals surface area contributed by atoms with E-state index in [0.29, 0.717) is 13.0 Å². The van der Waals surface area contributed by atoms with Crippen molar-refractivity contribution in [1.29, 1.82) is 0 Å². The lowest BCUT2D eigenvalue weighted by molar-refractivity contribution is -0.141. The number of rotatable bonds is 3. The molecule has 1 saturated heterocycles. The highest BCUT2D eigenvalue weighted by atomic mass is 16.4. The highest BCUT2D eigenvalue weighted by molar-refractivity contribution is 5.83. The van der Waals surface area contributed by atoms with E-state index in [1.165, 1.54) is 4.90 Å². The number of nitrogens with one attached hydrogen (secondary N) is 1. The normalized spacial score (nSPS) is 20.9. The molecule has 2 amide bonds. The van der Waals surface area contributed by atoms with E-state index in [1.54, 1.807) is 0 Å². The predicted octanol–water partition coefficient (Wildman–Crippen LogP) is 1.43. The molecule has 1 heterocycles. The van der Waals surface area contributed by atoms with Gasteiger partial charge in [0.15, 0.2) is 0 Å². The predicted molar refractivity (Wildman–Crippen MR) is 60.3 cm³/mol. The highest BCUT2D eigenvalue weighted by Gasteiger charge is 2.35. The number of aliphatic carboxylic acids is 1. The number of carbonyl (C=O) groups is 2. The van der Waals surface area contributed by atoms with Crippen molar-refractivity contribution in [2.75, 3.05) is 6.54 Å². The first-order valence-electron chi connectivity index (χ1n) is 5.69.